The van der Waals surface area contributed by atoms with Crippen LogP contribution in [0.2, 0.25) is 0 Å². The number of nitrogens with zero attached hydrogens (tertiary/aromatic N) is 2. The van der Waals surface area contributed by atoms with E-state index >= 15 is 0 Å². The lowest BCUT2D eigenvalue weighted by molar-refractivity contribution is -0.148. The van der Waals surface area contributed by atoms with E-state index < -0.39 is 31.1 Å². The molecule has 0 bridgehead atoms. The average Bonchev–Trinajstić information content (AvgIpc) is 2.62. The molecule has 0 N–H and O–H groups in total. The summed E-state index contributed by atoms with van der Waals surface area (Å²) in [6.07, 6.45) is -8.64. The first-order valence-electron chi connectivity index (χ1n) is 5.42. The molecule has 0 unspecified atom stereocenters. The highest BCUT2D eigenvalue weighted by Crippen LogP contribution is 2.33. The minimum atomic E-state index is -4.63. The summed E-state index contributed by atoms with van der Waals surface area (Å²) in [4.78, 5) is 3.94. The minimum absolute atomic E-state index is 0.0781. The fourth-order valence-electron chi connectivity index (χ4n) is 1.60. The van der Waals surface area contributed by atoms with Crippen LogP contribution in [0.4, 0.5) is 26.3 Å². The lowest BCUT2D eigenvalue weighted by atomic mass is 10.3. The molecule has 110 valence electrons. The predicted molar refractivity (Wildman–Crippen MR) is 58.7 cm³/mol. The van der Waals surface area contributed by atoms with Crippen LogP contribution < -0.4 is 0 Å². The third-order valence-electron chi connectivity index (χ3n) is 2.22. The average molecular weight is 306 g/mol. The Kier molecular flexibility index (Phi) is 5.19. The SMILES string of the molecule is CCCN(Cc1scnc1C(F)(F)F)CC(F)(F)F. The van der Waals surface area contributed by atoms with Gasteiger partial charge in [0.05, 0.1) is 16.9 Å². The second-order valence-corrected chi connectivity index (χ2v) is 4.89. The topological polar surface area (TPSA) is 16.1 Å². The van der Waals surface area contributed by atoms with Crippen molar-refractivity contribution < 1.29 is 26.3 Å². The first kappa shape index (κ1) is 16.2. The normalized spacial score (nSPS) is 13.3. The zero-order chi connectivity index (χ0) is 14.7. The molecule has 0 aliphatic rings. The van der Waals surface area contributed by atoms with Gasteiger partial charge in [0.1, 0.15) is 0 Å². The maximum atomic E-state index is 12.6. The fraction of sp³-hybridized carbons (Fsp3) is 0.700. The Balaban J connectivity index is 2.83. The van der Waals surface area contributed by atoms with Crippen molar-refractivity contribution in [3.05, 3.63) is 16.1 Å². The molecule has 0 atom stereocenters. The van der Waals surface area contributed by atoms with Crippen LogP contribution in [0.15, 0.2) is 5.51 Å². The van der Waals surface area contributed by atoms with Crippen molar-refractivity contribution in [2.75, 3.05) is 13.1 Å². The van der Waals surface area contributed by atoms with E-state index in [1.807, 2.05) is 0 Å². The quantitative estimate of drug-likeness (QED) is 0.766. The minimum Gasteiger partial charge on any atom is -0.290 e. The number of aromatic nitrogens is 1. The van der Waals surface area contributed by atoms with E-state index in [-0.39, 0.29) is 11.4 Å². The Labute approximate surface area is 110 Å². The van der Waals surface area contributed by atoms with Crippen molar-refractivity contribution in [1.82, 2.24) is 9.88 Å². The molecular weight excluding hydrogens is 294 g/mol. The van der Waals surface area contributed by atoms with Crippen LogP contribution in [-0.2, 0) is 12.7 Å². The molecular formula is C10H12F6N2S. The number of halogens is 6. The Morgan fingerprint density at radius 3 is 2.32 bits per heavy atom. The van der Waals surface area contributed by atoms with Gasteiger partial charge in [-0.3, -0.25) is 4.90 Å². The molecule has 0 radical (unpaired) electrons. The highest BCUT2D eigenvalue weighted by Gasteiger charge is 2.37. The summed E-state index contributed by atoms with van der Waals surface area (Å²) in [7, 11) is 0. The lowest BCUT2D eigenvalue weighted by Crippen LogP contribution is -2.34. The van der Waals surface area contributed by atoms with Gasteiger partial charge in [-0.1, -0.05) is 6.92 Å². The Hall–Kier alpha value is -0.830. The van der Waals surface area contributed by atoms with E-state index in [9.17, 15) is 26.3 Å². The monoisotopic (exact) mass is 306 g/mol. The van der Waals surface area contributed by atoms with Crippen molar-refractivity contribution in [3.8, 4) is 0 Å². The molecule has 1 aromatic heterocycles. The molecule has 2 nitrogen and oxygen atoms in total. The number of hydrogen-bond donors (Lipinski definition) is 0. The molecule has 1 heterocycles. The van der Waals surface area contributed by atoms with Gasteiger partial charge in [0.25, 0.3) is 0 Å². The van der Waals surface area contributed by atoms with Crippen LogP contribution in [0.5, 0.6) is 0 Å². The van der Waals surface area contributed by atoms with Crippen LogP contribution >= 0.6 is 11.3 Å². The van der Waals surface area contributed by atoms with Gasteiger partial charge < -0.3 is 0 Å². The van der Waals surface area contributed by atoms with E-state index in [4.69, 9.17) is 0 Å². The molecule has 0 saturated heterocycles. The molecule has 9 heteroatoms. The van der Waals surface area contributed by atoms with Crippen LogP contribution in [0.25, 0.3) is 0 Å². The van der Waals surface area contributed by atoms with Crippen LogP contribution in [-0.4, -0.2) is 29.1 Å². The van der Waals surface area contributed by atoms with Crippen LogP contribution in [0.1, 0.15) is 23.9 Å². The lowest BCUT2D eigenvalue weighted by Gasteiger charge is -2.22. The van der Waals surface area contributed by atoms with E-state index in [1.165, 1.54) is 0 Å². The highest BCUT2D eigenvalue weighted by molar-refractivity contribution is 7.09. The molecule has 0 spiro atoms. The van der Waals surface area contributed by atoms with Crippen molar-refractivity contribution in [2.45, 2.75) is 32.2 Å². The Morgan fingerprint density at radius 1 is 1.21 bits per heavy atom. The standard InChI is InChI=1S/C10H12F6N2S/c1-2-3-18(5-9(11,12)13)4-7-8(10(14,15)16)17-6-19-7/h6H,2-5H2,1H3. The van der Waals surface area contributed by atoms with Crippen LogP contribution in [0.3, 0.4) is 0 Å². The molecule has 0 aliphatic carbocycles. The molecule has 0 aliphatic heterocycles. The summed E-state index contributed by atoms with van der Waals surface area (Å²) in [5, 5.41) is 0. The van der Waals surface area contributed by atoms with Crippen molar-refractivity contribution in [2.24, 2.45) is 0 Å². The maximum absolute atomic E-state index is 12.6. The van der Waals surface area contributed by atoms with E-state index in [2.05, 4.69) is 4.98 Å². The van der Waals surface area contributed by atoms with E-state index in [0.29, 0.717) is 17.8 Å². The Morgan fingerprint density at radius 2 is 1.84 bits per heavy atom. The molecule has 1 aromatic rings. The smallest absolute Gasteiger partial charge is 0.290 e. The van der Waals surface area contributed by atoms with Gasteiger partial charge in [0, 0.05) is 6.54 Å². The molecule has 0 amide bonds. The van der Waals surface area contributed by atoms with Crippen molar-refractivity contribution in [1.29, 1.82) is 0 Å². The van der Waals surface area contributed by atoms with E-state index in [1.54, 1.807) is 6.92 Å². The highest BCUT2D eigenvalue weighted by atomic mass is 32.1. The molecule has 0 aromatic carbocycles. The maximum Gasteiger partial charge on any atom is 0.434 e. The summed E-state index contributed by atoms with van der Waals surface area (Å²) in [6, 6.07) is 0. The largest absolute Gasteiger partial charge is 0.434 e. The van der Waals surface area contributed by atoms with Gasteiger partial charge in [-0.05, 0) is 13.0 Å². The number of thiazole rings is 1. The summed E-state index contributed by atoms with van der Waals surface area (Å²) in [6.45, 7) is 0.123. The first-order valence-corrected chi connectivity index (χ1v) is 6.30. The number of alkyl halides is 6. The zero-order valence-corrected chi connectivity index (χ0v) is 10.8. The van der Waals surface area contributed by atoms with Crippen molar-refractivity contribution in [3.63, 3.8) is 0 Å². The second kappa shape index (κ2) is 6.08. The summed E-state index contributed by atoms with van der Waals surface area (Å²) >= 11 is 0.716. The number of rotatable bonds is 5. The second-order valence-electron chi connectivity index (χ2n) is 3.95. The third kappa shape index (κ3) is 5.35. The molecule has 0 saturated carbocycles. The van der Waals surface area contributed by atoms with Gasteiger partial charge in [0.2, 0.25) is 0 Å². The van der Waals surface area contributed by atoms with Gasteiger partial charge in [0.15, 0.2) is 5.69 Å². The van der Waals surface area contributed by atoms with Crippen LogP contribution in [0, 0.1) is 0 Å². The molecule has 1 rings (SSSR count). The predicted octanol–water partition coefficient (Wildman–Crippen LogP) is 3.94. The summed E-state index contributed by atoms with van der Waals surface area (Å²) in [5.41, 5.74) is -0.101. The zero-order valence-electron chi connectivity index (χ0n) is 9.98. The fourth-order valence-corrected chi connectivity index (χ4v) is 2.42. The summed E-state index contributed by atoms with van der Waals surface area (Å²) < 4.78 is 74.6. The van der Waals surface area contributed by atoms with Crippen molar-refractivity contribution >= 4 is 11.3 Å². The molecule has 0 fully saturated rings. The van der Waals surface area contributed by atoms with E-state index in [0.717, 1.165) is 10.4 Å². The summed E-state index contributed by atoms with van der Waals surface area (Å²) in [5.74, 6) is 0. The van der Waals surface area contributed by atoms with Gasteiger partial charge in [-0.25, -0.2) is 4.98 Å². The number of hydrogen-bond acceptors (Lipinski definition) is 3. The van der Waals surface area contributed by atoms with Gasteiger partial charge in [-0.15, -0.1) is 11.3 Å². The first-order chi connectivity index (χ1) is 8.63. The Bertz CT molecular complexity index is 397. The van der Waals surface area contributed by atoms with Gasteiger partial charge in [-0.2, -0.15) is 26.3 Å². The molecule has 19 heavy (non-hydrogen) atoms. The van der Waals surface area contributed by atoms with Gasteiger partial charge >= 0.3 is 12.4 Å². The third-order valence-corrected chi connectivity index (χ3v) is 3.04.